The van der Waals surface area contributed by atoms with Crippen LogP contribution in [0.15, 0.2) is 88.0 Å². The molecule has 0 N–H and O–H groups in total. The Morgan fingerprint density at radius 1 is 1.00 bits per heavy atom. The molecule has 0 radical (unpaired) electrons. The van der Waals surface area contributed by atoms with Gasteiger partial charge in [0, 0.05) is 20.6 Å². The van der Waals surface area contributed by atoms with E-state index in [4.69, 9.17) is 21.1 Å². The predicted molar refractivity (Wildman–Crippen MR) is 118 cm³/mol. The lowest BCUT2D eigenvalue weighted by atomic mass is 10.1. The number of esters is 2. The summed E-state index contributed by atoms with van der Waals surface area (Å²) in [6.07, 6.45) is 1.52. The summed E-state index contributed by atoms with van der Waals surface area (Å²) >= 11 is 9.22. The van der Waals surface area contributed by atoms with Gasteiger partial charge in [0.1, 0.15) is 5.75 Å². The molecule has 1 aliphatic rings. The van der Waals surface area contributed by atoms with Crippen molar-refractivity contribution in [2.75, 3.05) is 0 Å². The average molecular weight is 483 g/mol. The van der Waals surface area contributed by atoms with Crippen LogP contribution in [0.3, 0.4) is 0 Å². The van der Waals surface area contributed by atoms with E-state index in [9.17, 15) is 9.59 Å². The predicted octanol–water partition coefficient (Wildman–Crippen LogP) is 5.67. The Morgan fingerprint density at radius 2 is 1.70 bits per heavy atom. The van der Waals surface area contributed by atoms with Crippen LogP contribution in [0, 0.1) is 0 Å². The van der Waals surface area contributed by atoms with E-state index in [0.717, 1.165) is 4.47 Å². The van der Waals surface area contributed by atoms with Gasteiger partial charge < -0.3 is 9.47 Å². The monoisotopic (exact) mass is 481 g/mol. The number of hydrogen-bond donors (Lipinski definition) is 0. The molecule has 0 aromatic heterocycles. The van der Waals surface area contributed by atoms with Gasteiger partial charge in [-0.3, -0.25) is 0 Å². The van der Waals surface area contributed by atoms with E-state index >= 15 is 0 Å². The van der Waals surface area contributed by atoms with Crippen molar-refractivity contribution in [3.05, 3.63) is 105 Å². The molecule has 5 nitrogen and oxygen atoms in total. The third-order valence-corrected chi connectivity index (χ3v) is 4.99. The number of halogens is 2. The summed E-state index contributed by atoms with van der Waals surface area (Å²) in [4.78, 5) is 29.0. The van der Waals surface area contributed by atoms with E-state index in [1.807, 2.05) is 0 Å². The summed E-state index contributed by atoms with van der Waals surface area (Å²) in [7, 11) is 0. The zero-order valence-corrected chi connectivity index (χ0v) is 17.7. The Balaban J connectivity index is 1.61. The van der Waals surface area contributed by atoms with Crippen LogP contribution < -0.4 is 4.74 Å². The summed E-state index contributed by atoms with van der Waals surface area (Å²) in [5, 5.41) is 0.570. The number of ether oxygens (including phenoxy) is 2. The van der Waals surface area contributed by atoms with E-state index in [1.165, 1.54) is 6.08 Å². The first-order valence-electron chi connectivity index (χ1n) is 8.85. The third-order valence-electron chi connectivity index (χ3n) is 4.21. The van der Waals surface area contributed by atoms with Crippen molar-refractivity contribution in [1.29, 1.82) is 0 Å². The molecule has 0 amide bonds. The molecule has 0 spiro atoms. The molecule has 0 bridgehead atoms. The molecule has 4 rings (SSSR count). The molecule has 0 aliphatic carbocycles. The Bertz CT molecular complexity index is 1180. The highest BCUT2D eigenvalue weighted by Gasteiger charge is 2.24. The first-order chi connectivity index (χ1) is 14.5. The smallest absolute Gasteiger partial charge is 0.363 e. The van der Waals surface area contributed by atoms with Gasteiger partial charge in [-0.05, 0) is 60.7 Å². The van der Waals surface area contributed by atoms with Gasteiger partial charge in [-0.1, -0.05) is 45.7 Å². The second kappa shape index (κ2) is 8.65. The van der Waals surface area contributed by atoms with E-state index in [0.29, 0.717) is 27.5 Å². The van der Waals surface area contributed by atoms with Gasteiger partial charge in [-0.15, -0.1) is 0 Å². The van der Waals surface area contributed by atoms with Crippen molar-refractivity contribution in [3.8, 4) is 5.75 Å². The fourth-order valence-corrected chi connectivity index (χ4v) is 3.10. The van der Waals surface area contributed by atoms with Crippen LogP contribution in [0.1, 0.15) is 21.5 Å². The highest BCUT2D eigenvalue weighted by molar-refractivity contribution is 9.10. The minimum Gasteiger partial charge on any atom is -0.422 e. The van der Waals surface area contributed by atoms with Crippen LogP contribution in [0.5, 0.6) is 5.75 Å². The molecular weight excluding hydrogens is 470 g/mol. The van der Waals surface area contributed by atoms with E-state index in [2.05, 4.69) is 20.9 Å². The summed E-state index contributed by atoms with van der Waals surface area (Å²) in [5.41, 5.74) is 1.66. The molecule has 3 aromatic rings. The van der Waals surface area contributed by atoms with Crippen LogP contribution >= 0.6 is 27.5 Å². The Morgan fingerprint density at radius 3 is 2.43 bits per heavy atom. The minimum atomic E-state index is -0.589. The van der Waals surface area contributed by atoms with Crippen LogP contribution in [0.25, 0.3) is 6.08 Å². The summed E-state index contributed by atoms with van der Waals surface area (Å²) in [5.74, 6) is -0.602. The van der Waals surface area contributed by atoms with Crippen molar-refractivity contribution < 1.29 is 19.1 Å². The number of cyclic esters (lactones) is 1. The zero-order valence-electron chi connectivity index (χ0n) is 15.3. The second-order valence-electron chi connectivity index (χ2n) is 6.28. The van der Waals surface area contributed by atoms with Crippen LogP contribution in [0.4, 0.5) is 0 Å². The SMILES string of the molecule is O=C1OC(c2ccc(Cl)cc2)=N/C1=C/c1ccccc1OC(=O)c1ccc(Br)cc1. The Labute approximate surface area is 185 Å². The normalized spacial score (nSPS) is 14.4. The topological polar surface area (TPSA) is 65.0 Å². The number of rotatable bonds is 4. The number of aliphatic imine (C=N–C) groups is 1. The Kier molecular flexibility index (Phi) is 5.79. The van der Waals surface area contributed by atoms with Gasteiger partial charge in [-0.25, -0.2) is 14.6 Å². The van der Waals surface area contributed by atoms with E-state index < -0.39 is 11.9 Å². The number of hydrogen-bond acceptors (Lipinski definition) is 5. The number of benzene rings is 3. The minimum absolute atomic E-state index is 0.104. The lowest BCUT2D eigenvalue weighted by Crippen LogP contribution is -2.09. The molecule has 0 atom stereocenters. The first kappa shape index (κ1) is 20.1. The van der Waals surface area contributed by atoms with Crippen LogP contribution in [0.2, 0.25) is 5.02 Å². The van der Waals surface area contributed by atoms with E-state index in [1.54, 1.807) is 72.8 Å². The standard InChI is InChI=1S/C23H13BrClNO4/c24-17-9-5-15(6-10-17)22(27)29-20-4-2-1-3-16(20)13-19-23(28)30-21(26-19)14-7-11-18(25)12-8-14/h1-13H/b19-13+. The van der Waals surface area contributed by atoms with E-state index in [-0.39, 0.29) is 11.6 Å². The number of carbonyl (C=O) groups excluding carboxylic acids is 2. The summed E-state index contributed by atoms with van der Waals surface area (Å²) in [6.45, 7) is 0. The van der Waals surface area contributed by atoms with Crippen molar-refractivity contribution >= 4 is 51.4 Å². The largest absolute Gasteiger partial charge is 0.422 e. The molecule has 0 fully saturated rings. The van der Waals surface area contributed by atoms with Gasteiger partial charge in [0.2, 0.25) is 5.90 Å². The van der Waals surface area contributed by atoms with Crippen LogP contribution in [-0.2, 0) is 9.53 Å². The molecule has 1 heterocycles. The van der Waals surface area contributed by atoms with Gasteiger partial charge in [0.05, 0.1) is 5.56 Å². The van der Waals surface area contributed by atoms with Gasteiger partial charge in [0.15, 0.2) is 5.70 Å². The average Bonchev–Trinajstić information content (AvgIpc) is 3.10. The number of carbonyl (C=O) groups is 2. The van der Waals surface area contributed by atoms with Crippen molar-refractivity contribution in [3.63, 3.8) is 0 Å². The molecule has 0 saturated heterocycles. The molecule has 7 heteroatoms. The second-order valence-corrected chi connectivity index (χ2v) is 7.63. The number of para-hydroxylation sites is 1. The molecular formula is C23H13BrClNO4. The zero-order chi connectivity index (χ0) is 21.1. The number of nitrogens with zero attached hydrogens (tertiary/aromatic N) is 1. The molecule has 0 unspecified atom stereocenters. The molecule has 0 saturated carbocycles. The molecule has 30 heavy (non-hydrogen) atoms. The van der Waals surface area contributed by atoms with Gasteiger partial charge >= 0.3 is 11.9 Å². The fourth-order valence-electron chi connectivity index (χ4n) is 2.71. The lowest BCUT2D eigenvalue weighted by molar-refractivity contribution is -0.129. The van der Waals surface area contributed by atoms with Crippen molar-refractivity contribution in [2.24, 2.45) is 4.99 Å². The highest BCUT2D eigenvalue weighted by Crippen LogP contribution is 2.26. The maximum absolute atomic E-state index is 12.5. The van der Waals surface area contributed by atoms with Gasteiger partial charge in [-0.2, -0.15) is 0 Å². The maximum Gasteiger partial charge on any atom is 0.363 e. The summed E-state index contributed by atoms with van der Waals surface area (Å²) < 4.78 is 11.6. The van der Waals surface area contributed by atoms with Crippen LogP contribution in [-0.4, -0.2) is 17.8 Å². The fraction of sp³-hybridized carbons (Fsp3) is 0. The maximum atomic E-state index is 12.5. The highest BCUT2D eigenvalue weighted by atomic mass is 79.9. The quantitative estimate of drug-likeness (QED) is 0.273. The molecule has 1 aliphatic heterocycles. The van der Waals surface area contributed by atoms with Gasteiger partial charge in [0.25, 0.3) is 0 Å². The summed E-state index contributed by atoms with van der Waals surface area (Å²) in [6, 6.07) is 20.5. The third kappa shape index (κ3) is 4.50. The molecule has 3 aromatic carbocycles. The first-order valence-corrected chi connectivity index (χ1v) is 10.0. The lowest BCUT2D eigenvalue weighted by Gasteiger charge is -2.07. The van der Waals surface area contributed by atoms with Crippen molar-refractivity contribution in [2.45, 2.75) is 0 Å². The van der Waals surface area contributed by atoms with Crippen molar-refractivity contribution in [1.82, 2.24) is 0 Å². The molecule has 148 valence electrons. The Hall–Kier alpha value is -3.22.